The summed E-state index contributed by atoms with van der Waals surface area (Å²) >= 11 is 0. The zero-order valence-electron chi connectivity index (χ0n) is 10.1. The fourth-order valence-electron chi connectivity index (χ4n) is 1.96. The summed E-state index contributed by atoms with van der Waals surface area (Å²) in [5.41, 5.74) is 0. The van der Waals surface area contributed by atoms with Gasteiger partial charge in [-0.05, 0) is 25.9 Å². The van der Waals surface area contributed by atoms with Crippen LogP contribution in [0.1, 0.15) is 19.8 Å². The highest BCUT2D eigenvalue weighted by Gasteiger charge is 2.31. The van der Waals surface area contributed by atoms with E-state index in [0.717, 1.165) is 13.1 Å². The Kier molecular flexibility index (Phi) is 5.68. The molecule has 1 aliphatic rings. The van der Waals surface area contributed by atoms with Crippen LogP contribution >= 0.6 is 0 Å². The van der Waals surface area contributed by atoms with E-state index in [2.05, 4.69) is 5.32 Å². The van der Waals surface area contributed by atoms with Gasteiger partial charge in [0.15, 0.2) is 0 Å². The molecule has 96 valence electrons. The van der Waals surface area contributed by atoms with Crippen LogP contribution in [0.25, 0.3) is 0 Å². The van der Waals surface area contributed by atoms with Gasteiger partial charge in [-0.2, -0.15) is 4.31 Å². The molecule has 1 N–H and O–H groups in total. The molecule has 1 fully saturated rings. The van der Waals surface area contributed by atoms with E-state index in [4.69, 9.17) is 4.74 Å². The summed E-state index contributed by atoms with van der Waals surface area (Å²) in [6.07, 6.45) is 1.43. The third-order valence-corrected chi connectivity index (χ3v) is 5.44. The third kappa shape index (κ3) is 3.41. The van der Waals surface area contributed by atoms with Gasteiger partial charge in [0.1, 0.15) is 0 Å². The Bertz CT molecular complexity index is 286. The van der Waals surface area contributed by atoms with Gasteiger partial charge in [0.2, 0.25) is 10.0 Å². The Morgan fingerprint density at radius 2 is 2.00 bits per heavy atom. The molecule has 0 unspecified atom stereocenters. The number of sulfonamides is 1. The highest BCUT2D eigenvalue weighted by atomic mass is 32.2. The molecule has 0 atom stereocenters. The molecule has 0 saturated carbocycles. The van der Waals surface area contributed by atoms with Gasteiger partial charge in [0.05, 0.1) is 11.9 Å². The van der Waals surface area contributed by atoms with Crippen molar-refractivity contribution in [1.82, 2.24) is 9.62 Å². The molecule has 0 aliphatic carbocycles. The van der Waals surface area contributed by atoms with Crippen molar-refractivity contribution >= 4 is 10.0 Å². The molecule has 5 nitrogen and oxygen atoms in total. The molecular weight excluding hydrogens is 228 g/mol. The van der Waals surface area contributed by atoms with Crippen LogP contribution in [0.2, 0.25) is 0 Å². The predicted molar refractivity (Wildman–Crippen MR) is 63.9 cm³/mol. The normalized spacial score (nSPS) is 19.2. The Balaban J connectivity index is 2.64. The lowest BCUT2D eigenvalue weighted by Gasteiger charge is -2.29. The largest absolute Gasteiger partial charge is 0.383 e. The minimum Gasteiger partial charge on any atom is -0.383 e. The molecule has 0 amide bonds. The molecule has 0 aromatic rings. The molecule has 1 aliphatic heterocycles. The Morgan fingerprint density at radius 1 is 1.38 bits per heavy atom. The summed E-state index contributed by atoms with van der Waals surface area (Å²) in [4.78, 5) is 0. The van der Waals surface area contributed by atoms with Crippen LogP contribution in [0, 0.1) is 0 Å². The first-order valence-electron chi connectivity index (χ1n) is 5.81. The van der Waals surface area contributed by atoms with Gasteiger partial charge in [0, 0.05) is 20.2 Å². The van der Waals surface area contributed by atoms with E-state index in [0.29, 0.717) is 32.5 Å². The second kappa shape index (κ2) is 6.54. The van der Waals surface area contributed by atoms with Gasteiger partial charge in [-0.15, -0.1) is 0 Å². The van der Waals surface area contributed by atoms with Gasteiger partial charge in [-0.3, -0.25) is 0 Å². The average molecular weight is 250 g/mol. The van der Waals surface area contributed by atoms with Crippen LogP contribution in [-0.4, -0.2) is 57.9 Å². The lowest BCUT2D eigenvalue weighted by atomic mass is 10.2. The number of ether oxygens (including phenoxy) is 1. The maximum absolute atomic E-state index is 12.3. The summed E-state index contributed by atoms with van der Waals surface area (Å²) in [6.45, 7) is 4.90. The summed E-state index contributed by atoms with van der Waals surface area (Å²) < 4.78 is 31.0. The number of methoxy groups -OCH3 is 1. The lowest BCUT2D eigenvalue weighted by molar-refractivity contribution is 0.180. The maximum Gasteiger partial charge on any atom is 0.217 e. The van der Waals surface area contributed by atoms with Gasteiger partial charge in [-0.25, -0.2) is 8.42 Å². The van der Waals surface area contributed by atoms with E-state index in [1.807, 2.05) is 6.92 Å². The predicted octanol–water partition coefficient (Wildman–Crippen LogP) is 0.0365. The smallest absolute Gasteiger partial charge is 0.217 e. The Labute approximate surface area is 98.2 Å². The number of hydrogen-bond donors (Lipinski definition) is 1. The Hall–Kier alpha value is -0.170. The van der Waals surface area contributed by atoms with Crippen molar-refractivity contribution in [1.29, 1.82) is 0 Å². The standard InChI is InChI=1S/C10H22N2O3S/c1-3-12(8-9-15-2)16(13,14)10-4-6-11-7-5-10/h10-11H,3-9H2,1-2H3. The first-order valence-corrected chi connectivity index (χ1v) is 7.31. The molecule has 0 radical (unpaired) electrons. The van der Waals surface area contributed by atoms with E-state index >= 15 is 0 Å². The van der Waals surface area contributed by atoms with Gasteiger partial charge >= 0.3 is 0 Å². The molecule has 0 bridgehead atoms. The van der Waals surface area contributed by atoms with E-state index in [9.17, 15) is 8.42 Å². The SMILES string of the molecule is CCN(CCOC)S(=O)(=O)C1CCNCC1. The molecule has 1 rings (SSSR count). The minimum atomic E-state index is -3.13. The zero-order chi connectivity index (χ0) is 12.0. The van der Waals surface area contributed by atoms with Crippen LogP contribution in [0.5, 0.6) is 0 Å². The van der Waals surface area contributed by atoms with E-state index < -0.39 is 10.0 Å². The third-order valence-electron chi connectivity index (χ3n) is 2.96. The molecule has 0 aromatic heterocycles. The van der Waals surface area contributed by atoms with E-state index in [1.165, 1.54) is 4.31 Å². The molecule has 6 heteroatoms. The zero-order valence-corrected chi connectivity index (χ0v) is 10.9. The molecule has 16 heavy (non-hydrogen) atoms. The molecule has 1 saturated heterocycles. The number of rotatable bonds is 6. The van der Waals surface area contributed by atoms with Crippen LogP contribution in [0.4, 0.5) is 0 Å². The summed E-state index contributed by atoms with van der Waals surface area (Å²) in [7, 11) is -1.54. The average Bonchev–Trinajstić information content (AvgIpc) is 2.31. The van der Waals surface area contributed by atoms with Crippen LogP contribution in [0.3, 0.4) is 0 Å². The van der Waals surface area contributed by atoms with Gasteiger partial charge < -0.3 is 10.1 Å². The van der Waals surface area contributed by atoms with E-state index in [1.54, 1.807) is 7.11 Å². The second-order valence-electron chi connectivity index (χ2n) is 3.98. The second-order valence-corrected chi connectivity index (χ2v) is 6.19. The molecule has 0 spiro atoms. The van der Waals surface area contributed by atoms with Crippen LogP contribution in [0.15, 0.2) is 0 Å². The van der Waals surface area contributed by atoms with Crippen LogP contribution < -0.4 is 5.32 Å². The van der Waals surface area contributed by atoms with Crippen molar-refractivity contribution in [2.24, 2.45) is 0 Å². The maximum atomic E-state index is 12.3. The summed E-state index contributed by atoms with van der Waals surface area (Å²) in [6, 6.07) is 0. The topological polar surface area (TPSA) is 58.6 Å². The molecular formula is C10H22N2O3S. The quantitative estimate of drug-likeness (QED) is 0.723. The van der Waals surface area contributed by atoms with Crippen molar-refractivity contribution in [2.75, 3.05) is 39.9 Å². The highest BCUT2D eigenvalue weighted by Crippen LogP contribution is 2.17. The van der Waals surface area contributed by atoms with Crippen molar-refractivity contribution in [2.45, 2.75) is 25.0 Å². The molecule has 0 aromatic carbocycles. The minimum absolute atomic E-state index is 0.217. The van der Waals surface area contributed by atoms with Gasteiger partial charge in [-0.1, -0.05) is 6.92 Å². The number of likely N-dealkylation sites (N-methyl/N-ethyl adjacent to an activating group) is 1. The van der Waals surface area contributed by atoms with Crippen molar-refractivity contribution in [3.63, 3.8) is 0 Å². The lowest BCUT2D eigenvalue weighted by Crippen LogP contribution is -2.44. The van der Waals surface area contributed by atoms with Crippen molar-refractivity contribution in [3.05, 3.63) is 0 Å². The number of nitrogens with zero attached hydrogens (tertiary/aromatic N) is 1. The fraction of sp³-hybridized carbons (Fsp3) is 1.00. The summed E-state index contributed by atoms with van der Waals surface area (Å²) in [5, 5.41) is 2.96. The monoisotopic (exact) mass is 250 g/mol. The van der Waals surface area contributed by atoms with Gasteiger partial charge in [0.25, 0.3) is 0 Å². The number of piperidine rings is 1. The van der Waals surface area contributed by atoms with Crippen molar-refractivity contribution < 1.29 is 13.2 Å². The fourth-order valence-corrected chi connectivity index (χ4v) is 3.90. The van der Waals surface area contributed by atoms with E-state index in [-0.39, 0.29) is 5.25 Å². The summed E-state index contributed by atoms with van der Waals surface area (Å²) in [5.74, 6) is 0. The first-order chi connectivity index (χ1) is 7.62. The molecule has 1 heterocycles. The van der Waals surface area contributed by atoms with Crippen molar-refractivity contribution in [3.8, 4) is 0 Å². The first kappa shape index (κ1) is 13.9. The number of hydrogen-bond acceptors (Lipinski definition) is 4. The number of nitrogens with one attached hydrogen (secondary N) is 1. The van der Waals surface area contributed by atoms with Crippen LogP contribution in [-0.2, 0) is 14.8 Å². The Morgan fingerprint density at radius 3 is 2.50 bits per heavy atom. The highest BCUT2D eigenvalue weighted by molar-refractivity contribution is 7.89.